The summed E-state index contributed by atoms with van der Waals surface area (Å²) < 4.78 is 36.1. The van der Waals surface area contributed by atoms with E-state index in [2.05, 4.69) is 4.98 Å². The molecule has 0 aliphatic carbocycles. The van der Waals surface area contributed by atoms with Crippen molar-refractivity contribution < 1.29 is 28.3 Å². The lowest BCUT2D eigenvalue weighted by atomic mass is 10.1. The Balaban J connectivity index is 1.68. The molecule has 0 saturated carbocycles. The molecule has 1 fully saturated rings. The number of rotatable bonds is 7. The molecule has 1 aromatic heterocycles. The van der Waals surface area contributed by atoms with Gasteiger partial charge in [0.15, 0.2) is 23.1 Å². The van der Waals surface area contributed by atoms with E-state index in [0.717, 1.165) is 6.07 Å². The first-order chi connectivity index (χ1) is 13.5. The van der Waals surface area contributed by atoms with Crippen LogP contribution in [0.4, 0.5) is 10.1 Å². The lowest BCUT2D eigenvalue weighted by Crippen LogP contribution is -2.05. The Bertz CT molecular complexity index is 1050. The molecule has 144 valence electrons. The van der Waals surface area contributed by atoms with Gasteiger partial charge in [-0.3, -0.25) is 15.1 Å². The number of nitro benzene ring substituents is 1. The normalized spacial score (nSPS) is 15.3. The number of nitrogens with zero attached hydrogens (tertiary/aromatic N) is 2. The molecule has 1 aliphatic rings. The first-order valence-corrected chi connectivity index (χ1v) is 8.38. The van der Waals surface area contributed by atoms with Gasteiger partial charge in [0.05, 0.1) is 30.2 Å². The molecule has 28 heavy (non-hydrogen) atoms. The molecular weight excluding hydrogens is 371 g/mol. The number of methoxy groups -OCH3 is 1. The fraction of sp³-hybridized carbons (Fsp3) is 0.211. The van der Waals surface area contributed by atoms with E-state index in [1.165, 1.54) is 25.4 Å². The zero-order valence-electron chi connectivity index (χ0n) is 14.8. The highest BCUT2D eigenvalue weighted by molar-refractivity contribution is 5.88. The van der Waals surface area contributed by atoms with Crippen molar-refractivity contribution in [1.29, 1.82) is 0 Å². The zero-order chi connectivity index (χ0) is 19.7. The van der Waals surface area contributed by atoms with Gasteiger partial charge in [-0.25, -0.2) is 4.39 Å². The number of pyridine rings is 1. The van der Waals surface area contributed by atoms with Crippen LogP contribution in [-0.4, -0.2) is 36.3 Å². The van der Waals surface area contributed by atoms with E-state index in [9.17, 15) is 14.5 Å². The maximum Gasteiger partial charge on any atom is 0.272 e. The molecule has 0 amide bonds. The maximum absolute atomic E-state index is 14.2. The van der Waals surface area contributed by atoms with Gasteiger partial charge >= 0.3 is 0 Å². The number of ether oxygens (including phenoxy) is 4. The Morgan fingerprint density at radius 3 is 2.71 bits per heavy atom. The molecule has 9 heteroatoms. The second kappa shape index (κ2) is 7.28. The van der Waals surface area contributed by atoms with Crippen molar-refractivity contribution in [2.75, 3.05) is 20.3 Å². The summed E-state index contributed by atoms with van der Waals surface area (Å²) in [5.41, 5.74) is 0.208. The predicted octanol–water partition coefficient (Wildman–Crippen LogP) is 3.86. The van der Waals surface area contributed by atoms with Gasteiger partial charge in [0.1, 0.15) is 18.5 Å². The second-order valence-electron chi connectivity index (χ2n) is 6.07. The fourth-order valence-electron chi connectivity index (χ4n) is 2.64. The van der Waals surface area contributed by atoms with Gasteiger partial charge in [0, 0.05) is 23.7 Å². The van der Waals surface area contributed by atoms with E-state index in [4.69, 9.17) is 18.9 Å². The molecule has 8 nitrogen and oxygen atoms in total. The quantitative estimate of drug-likeness (QED) is 0.345. The van der Waals surface area contributed by atoms with Crippen LogP contribution in [0.3, 0.4) is 0 Å². The summed E-state index contributed by atoms with van der Waals surface area (Å²) in [6, 6.07) is 8.16. The molecule has 1 saturated heterocycles. The van der Waals surface area contributed by atoms with Crippen molar-refractivity contribution in [1.82, 2.24) is 4.98 Å². The van der Waals surface area contributed by atoms with Crippen molar-refractivity contribution in [3.63, 3.8) is 0 Å². The van der Waals surface area contributed by atoms with E-state index in [0.29, 0.717) is 41.4 Å². The largest absolute Gasteiger partial charge is 0.493 e. The molecule has 0 N–H and O–H groups in total. The summed E-state index contributed by atoms with van der Waals surface area (Å²) in [4.78, 5) is 14.4. The molecule has 3 aromatic rings. The van der Waals surface area contributed by atoms with Gasteiger partial charge in [-0.05, 0) is 18.2 Å². The van der Waals surface area contributed by atoms with E-state index in [1.807, 2.05) is 0 Å². The van der Waals surface area contributed by atoms with E-state index in [-0.39, 0.29) is 17.5 Å². The summed E-state index contributed by atoms with van der Waals surface area (Å²) in [6.45, 7) is 1.08. The van der Waals surface area contributed by atoms with E-state index < -0.39 is 10.7 Å². The van der Waals surface area contributed by atoms with Crippen LogP contribution in [0.1, 0.15) is 0 Å². The molecule has 1 atom stereocenters. The number of benzene rings is 2. The third-order valence-corrected chi connectivity index (χ3v) is 4.16. The highest BCUT2D eigenvalue weighted by atomic mass is 19.1. The van der Waals surface area contributed by atoms with Crippen LogP contribution in [0.5, 0.6) is 23.0 Å². The third kappa shape index (κ3) is 3.65. The van der Waals surface area contributed by atoms with Crippen molar-refractivity contribution >= 4 is 16.6 Å². The lowest BCUT2D eigenvalue weighted by molar-refractivity contribution is -0.385. The van der Waals surface area contributed by atoms with Gasteiger partial charge in [-0.1, -0.05) is 0 Å². The SMILES string of the molecule is COc1cc2c(Oc3ccc([N+](=O)[O-])cc3F)ccnc2cc1OCC1CO1. The van der Waals surface area contributed by atoms with Gasteiger partial charge < -0.3 is 18.9 Å². The highest BCUT2D eigenvalue weighted by Gasteiger charge is 2.24. The number of epoxide rings is 1. The van der Waals surface area contributed by atoms with Gasteiger partial charge in [-0.15, -0.1) is 0 Å². The minimum atomic E-state index is -0.837. The van der Waals surface area contributed by atoms with Crippen molar-refractivity contribution in [2.24, 2.45) is 0 Å². The number of non-ortho nitro benzene ring substituents is 1. The van der Waals surface area contributed by atoms with Crippen LogP contribution in [0, 0.1) is 15.9 Å². The summed E-state index contributed by atoms with van der Waals surface area (Å²) in [5, 5.41) is 11.3. The third-order valence-electron chi connectivity index (χ3n) is 4.16. The smallest absolute Gasteiger partial charge is 0.272 e. The molecule has 0 radical (unpaired) electrons. The Hall–Kier alpha value is -3.46. The molecular formula is C19H15FN2O6. The van der Waals surface area contributed by atoms with Crippen molar-refractivity contribution in [2.45, 2.75) is 6.10 Å². The molecule has 1 aliphatic heterocycles. The molecule has 2 heterocycles. The van der Waals surface area contributed by atoms with Crippen molar-refractivity contribution in [3.05, 3.63) is 58.5 Å². The Labute approximate surface area is 158 Å². The average Bonchev–Trinajstić information content (AvgIpc) is 3.51. The van der Waals surface area contributed by atoms with Crippen LogP contribution in [0.2, 0.25) is 0 Å². The van der Waals surface area contributed by atoms with Crippen LogP contribution in [0.25, 0.3) is 10.9 Å². The molecule has 1 unspecified atom stereocenters. The summed E-state index contributed by atoms with van der Waals surface area (Å²) in [7, 11) is 1.51. The van der Waals surface area contributed by atoms with Gasteiger partial charge in [0.2, 0.25) is 0 Å². The monoisotopic (exact) mass is 386 g/mol. The average molecular weight is 386 g/mol. The lowest BCUT2D eigenvalue weighted by Gasteiger charge is -2.13. The minimum absolute atomic E-state index is 0.0909. The van der Waals surface area contributed by atoms with Crippen LogP contribution in [-0.2, 0) is 4.74 Å². The number of hydrogen-bond acceptors (Lipinski definition) is 7. The minimum Gasteiger partial charge on any atom is -0.493 e. The van der Waals surface area contributed by atoms with Crippen LogP contribution < -0.4 is 14.2 Å². The predicted molar refractivity (Wildman–Crippen MR) is 96.7 cm³/mol. The van der Waals surface area contributed by atoms with E-state index in [1.54, 1.807) is 18.2 Å². The highest BCUT2D eigenvalue weighted by Crippen LogP contribution is 2.38. The van der Waals surface area contributed by atoms with E-state index >= 15 is 0 Å². The second-order valence-corrected chi connectivity index (χ2v) is 6.07. The summed E-state index contributed by atoms with van der Waals surface area (Å²) in [6.07, 6.45) is 1.61. The van der Waals surface area contributed by atoms with Gasteiger partial charge in [0.25, 0.3) is 5.69 Å². The van der Waals surface area contributed by atoms with Crippen molar-refractivity contribution in [3.8, 4) is 23.0 Å². The zero-order valence-corrected chi connectivity index (χ0v) is 14.8. The first-order valence-electron chi connectivity index (χ1n) is 8.38. The Morgan fingerprint density at radius 1 is 1.21 bits per heavy atom. The van der Waals surface area contributed by atoms with Crippen LogP contribution in [0.15, 0.2) is 42.6 Å². The molecule has 2 aromatic carbocycles. The summed E-state index contributed by atoms with van der Waals surface area (Å²) >= 11 is 0. The Morgan fingerprint density at radius 2 is 2.04 bits per heavy atom. The number of fused-ring (bicyclic) bond motifs is 1. The first kappa shape index (κ1) is 17.9. The number of hydrogen-bond donors (Lipinski definition) is 0. The van der Waals surface area contributed by atoms with Gasteiger partial charge in [-0.2, -0.15) is 0 Å². The number of aromatic nitrogens is 1. The molecule has 4 rings (SSSR count). The molecule has 0 bridgehead atoms. The Kier molecular flexibility index (Phi) is 4.66. The number of halogens is 1. The maximum atomic E-state index is 14.2. The topological polar surface area (TPSA) is 96.2 Å². The number of nitro groups is 1. The van der Waals surface area contributed by atoms with Crippen LogP contribution >= 0.6 is 0 Å². The standard InChI is InChI=1S/C19H15FN2O6/c1-25-18-7-13-15(8-19(18)27-10-12-9-26-12)21-5-4-16(13)28-17-3-2-11(22(23)24)6-14(17)20/h2-8,12H,9-10H2,1H3. The molecule has 0 spiro atoms. The summed E-state index contributed by atoms with van der Waals surface area (Å²) in [5.74, 6) is 0.332. The fourth-order valence-corrected chi connectivity index (χ4v) is 2.64.